The first kappa shape index (κ1) is 16.5. The maximum atomic E-state index is 12.5. The molecular weight excluding hydrogens is 302 g/mol. The largest absolute Gasteiger partial charge is 0.335 e. The summed E-state index contributed by atoms with van der Waals surface area (Å²) in [5.74, 6) is 1.29. The van der Waals surface area contributed by atoms with Gasteiger partial charge in [-0.05, 0) is 30.7 Å². The van der Waals surface area contributed by atoms with Crippen molar-refractivity contribution in [2.75, 3.05) is 7.05 Å². The number of carbonyl (C=O) groups is 1. The summed E-state index contributed by atoms with van der Waals surface area (Å²) >= 11 is 0. The number of amides is 2. The molecule has 0 aliphatic heterocycles. The first-order valence-electron chi connectivity index (χ1n) is 8.52. The molecule has 1 aromatic heterocycles. The Morgan fingerprint density at radius 1 is 1.33 bits per heavy atom. The summed E-state index contributed by atoms with van der Waals surface area (Å²) in [6, 6.07) is 10.7. The fourth-order valence-electron chi connectivity index (χ4n) is 3.40. The molecule has 3 rings (SSSR count). The number of urea groups is 1. The Kier molecular flexibility index (Phi) is 5.13. The van der Waals surface area contributed by atoms with Crippen LogP contribution in [0, 0.1) is 5.92 Å². The van der Waals surface area contributed by atoms with Gasteiger partial charge in [-0.2, -0.15) is 5.10 Å². The van der Waals surface area contributed by atoms with Crippen molar-refractivity contribution in [2.24, 2.45) is 13.0 Å². The van der Waals surface area contributed by atoms with Gasteiger partial charge in [0, 0.05) is 20.1 Å². The van der Waals surface area contributed by atoms with Crippen molar-refractivity contribution in [3.63, 3.8) is 0 Å². The highest BCUT2D eigenvalue weighted by Crippen LogP contribution is 2.29. The van der Waals surface area contributed by atoms with Gasteiger partial charge in [-0.25, -0.2) is 9.78 Å². The first-order valence-corrected chi connectivity index (χ1v) is 8.52. The van der Waals surface area contributed by atoms with Crippen LogP contribution in [0.1, 0.15) is 30.7 Å². The molecular formula is C18H25N5O. The zero-order valence-corrected chi connectivity index (χ0v) is 14.4. The Bertz CT molecular complexity index is 669. The number of nitrogens with one attached hydrogen (secondary N) is 1. The van der Waals surface area contributed by atoms with Crippen LogP contribution in [-0.4, -0.2) is 38.8 Å². The van der Waals surface area contributed by atoms with Crippen molar-refractivity contribution in [1.82, 2.24) is 25.0 Å². The highest BCUT2D eigenvalue weighted by atomic mass is 16.2. The van der Waals surface area contributed by atoms with E-state index >= 15 is 0 Å². The molecule has 0 bridgehead atoms. The smallest absolute Gasteiger partial charge is 0.317 e. The molecule has 1 N–H and O–H groups in total. The lowest BCUT2D eigenvalue weighted by Crippen LogP contribution is -2.44. The maximum absolute atomic E-state index is 12.5. The summed E-state index contributed by atoms with van der Waals surface area (Å²) in [6.07, 6.45) is 5.94. The number of aryl methyl sites for hydroxylation is 1. The van der Waals surface area contributed by atoms with Crippen molar-refractivity contribution in [3.05, 3.63) is 48.0 Å². The quantitative estimate of drug-likeness (QED) is 0.917. The van der Waals surface area contributed by atoms with Gasteiger partial charge in [0.25, 0.3) is 0 Å². The number of carbonyl (C=O) groups excluding carboxylic acids is 1. The third kappa shape index (κ3) is 3.93. The number of benzene rings is 1. The van der Waals surface area contributed by atoms with Gasteiger partial charge < -0.3 is 10.2 Å². The minimum atomic E-state index is -0.0389. The van der Waals surface area contributed by atoms with E-state index in [0.29, 0.717) is 12.5 Å². The van der Waals surface area contributed by atoms with Gasteiger partial charge in [0.15, 0.2) is 0 Å². The van der Waals surface area contributed by atoms with Crippen molar-refractivity contribution < 1.29 is 4.79 Å². The van der Waals surface area contributed by atoms with E-state index in [2.05, 4.69) is 39.7 Å². The van der Waals surface area contributed by atoms with Crippen molar-refractivity contribution in [1.29, 1.82) is 0 Å². The second-order valence-corrected chi connectivity index (χ2v) is 6.59. The second kappa shape index (κ2) is 7.47. The Hall–Kier alpha value is -2.37. The minimum Gasteiger partial charge on any atom is -0.335 e. The molecule has 128 valence electrons. The van der Waals surface area contributed by atoms with Gasteiger partial charge in [-0.1, -0.05) is 36.8 Å². The summed E-state index contributed by atoms with van der Waals surface area (Å²) in [6.45, 7) is 0.457. The van der Waals surface area contributed by atoms with Gasteiger partial charge in [0.2, 0.25) is 0 Å². The summed E-state index contributed by atoms with van der Waals surface area (Å²) in [7, 11) is 3.63. The van der Waals surface area contributed by atoms with Crippen LogP contribution in [0.3, 0.4) is 0 Å². The monoisotopic (exact) mass is 327 g/mol. The van der Waals surface area contributed by atoms with E-state index in [1.165, 1.54) is 24.7 Å². The summed E-state index contributed by atoms with van der Waals surface area (Å²) < 4.78 is 1.69. The van der Waals surface area contributed by atoms with Crippen LogP contribution in [0.15, 0.2) is 36.7 Å². The van der Waals surface area contributed by atoms with Crippen LogP contribution in [0.25, 0.3) is 0 Å². The van der Waals surface area contributed by atoms with Gasteiger partial charge in [0.1, 0.15) is 12.2 Å². The fourth-order valence-corrected chi connectivity index (χ4v) is 3.40. The molecule has 2 atom stereocenters. The van der Waals surface area contributed by atoms with Crippen LogP contribution in [0.4, 0.5) is 4.79 Å². The SMILES string of the molecule is CN(Cc1ncnn1C)C(=O)NC1CCCC1Cc1ccccc1. The van der Waals surface area contributed by atoms with Crippen molar-refractivity contribution >= 4 is 6.03 Å². The van der Waals surface area contributed by atoms with Gasteiger partial charge >= 0.3 is 6.03 Å². The zero-order chi connectivity index (χ0) is 16.9. The van der Waals surface area contributed by atoms with Gasteiger partial charge in [-0.15, -0.1) is 0 Å². The Morgan fingerprint density at radius 2 is 2.12 bits per heavy atom. The number of hydrogen-bond acceptors (Lipinski definition) is 3. The average Bonchev–Trinajstić information content (AvgIpc) is 3.18. The molecule has 24 heavy (non-hydrogen) atoms. The highest BCUT2D eigenvalue weighted by molar-refractivity contribution is 5.74. The lowest BCUT2D eigenvalue weighted by molar-refractivity contribution is 0.197. The first-order chi connectivity index (χ1) is 11.6. The molecule has 1 aliphatic rings. The van der Waals surface area contributed by atoms with E-state index in [1.807, 2.05) is 13.1 Å². The lowest BCUT2D eigenvalue weighted by atomic mass is 9.95. The highest BCUT2D eigenvalue weighted by Gasteiger charge is 2.29. The fraction of sp³-hybridized carbons (Fsp3) is 0.500. The Morgan fingerprint density at radius 3 is 2.83 bits per heavy atom. The van der Waals surface area contributed by atoms with Crippen LogP contribution in [-0.2, 0) is 20.0 Å². The summed E-state index contributed by atoms with van der Waals surface area (Å²) in [4.78, 5) is 18.3. The molecule has 1 heterocycles. The molecule has 0 radical (unpaired) electrons. The zero-order valence-electron chi connectivity index (χ0n) is 14.4. The van der Waals surface area contributed by atoms with Crippen molar-refractivity contribution in [3.8, 4) is 0 Å². The molecule has 1 aliphatic carbocycles. The predicted octanol–water partition coefficient (Wildman–Crippen LogP) is 2.37. The molecule has 6 heteroatoms. The van der Waals surface area contributed by atoms with Crippen LogP contribution < -0.4 is 5.32 Å². The number of nitrogens with zero attached hydrogens (tertiary/aromatic N) is 4. The molecule has 1 aromatic carbocycles. The van der Waals surface area contributed by atoms with E-state index in [1.54, 1.807) is 16.6 Å². The number of aromatic nitrogens is 3. The number of hydrogen-bond donors (Lipinski definition) is 1. The molecule has 0 spiro atoms. The van der Waals surface area contributed by atoms with Crippen LogP contribution >= 0.6 is 0 Å². The predicted molar refractivity (Wildman–Crippen MR) is 92.3 cm³/mol. The molecule has 2 aromatic rings. The topological polar surface area (TPSA) is 63.1 Å². The molecule has 2 amide bonds. The Labute approximate surface area is 142 Å². The van der Waals surface area contributed by atoms with Gasteiger partial charge in [0.05, 0.1) is 6.54 Å². The molecule has 1 saturated carbocycles. The molecule has 1 fully saturated rings. The standard InChI is InChI=1S/C18H25N5O/c1-22(12-17-19-13-20-23(17)2)18(24)21-16-10-6-9-15(16)11-14-7-4-3-5-8-14/h3-5,7-8,13,15-16H,6,9-12H2,1-2H3,(H,21,24). The summed E-state index contributed by atoms with van der Waals surface area (Å²) in [5, 5.41) is 7.25. The molecule has 2 unspecified atom stereocenters. The average molecular weight is 327 g/mol. The number of rotatable bonds is 5. The van der Waals surface area contributed by atoms with Crippen LogP contribution in [0.2, 0.25) is 0 Å². The second-order valence-electron chi connectivity index (χ2n) is 6.59. The van der Waals surface area contributed by atoms with Gasteiger partial charge in [-0.3, -0.25) is 4.68 Å². The van der Waals surface area contributed by atoms with E-state index in [9.17, 15) is 4.79 Å². The lowest BCUT2D eigenvalue weighted by Gasteiger charge is -2.25. The van der Waals surface area contributed by atoms with Crippen LogP contribution in [0.5, 0.6) is 0 Å². The molecule has 0 saturated heterocycles. The Balaban J connectivity index is 1.55. The van der Waals surface area contributed by atoms with E-state index in [0.717, 1.165) is 18.7 Å². The third-order valence-corrected chi connectivity index (χ3v) is 4.84. The molecule has 6 nitrogen and oxygen atoms in total. The van der Waals surface area contributed by atoms with E-state index < -0.39 is 0 Å². The maximum Gasteiger partial charge on any atom is 0.317 e. The van der Waals surface area contributed by atoms with Crippen molar-refractivity contribution in [2.45, 2.75) is 38.3 Å². The van der Waals surface area contributed by atoms with E-state index in [-0.39, 0.29) is 12.1 Å². The van der Waals surface area contributed by atoms with E-state index in [4.69, 9.17) is 0 Å². The minimum absolute atomic E-state index is 0.0389. The normalized spacial score (nSPS) is 20.1. The third-order valence-electron chi connectivity index (χ3n) is 4.84. The summed E-state index contributed by atoms with van der Waals surface area (Å²) in [5.41, 5.74) is 1.34.